The first kappa shape index (κ1) is 15.0. The fourth-order valence-corrected chi connectivity index (χ4v) is 2.09. The first-order valence-electron chi connectivity index (χ1n) is 5.19. The van der Waals surface area contributed by atoms with Gasteiger partial charge in [-0.25, -0.2) is 9.97 Å². The number of hydrogen-bond acceptors (Lipinski definition) is 4. The summed E-state index contributed by atoms with van der Waals surface area (Å²) in [5.74, 6) is -1.59. The van der Waals surface area contributed by atoms with Crippen molar-refractivity contribution in [2.45, 2.75) is 6.18 Å². The standard InChI is InChI=1S/C11H7Br2F3N4/c12-5-1-2-6(13)7(3-5)18-9-4-8(17)19-10(20-9)11(14,15)16/h1-4H,(H3,17,18,19,20). The van der Waals surface area contributed by atoms with Crippen molar-refractivity contribution >= 4 is 49.2 Å². The maximum absolute atomic E-state index is 12.6. The van der Waals surface area contributed by atoms with E-state index in [4.69, 9.17) is 5.73 Å². The molecule has 2 aromatic rings. The van der Waals surface area contributed by atoms with E-state index in [1.54, 1.807) is 18.2 Å². The molecule has 0 saturated carbocycles. The Balaban J connectivity index is 2.39. The summed E-state index contributed by atoms with van der Waals surface area (Å²) >= 11 is 6.56. The highest BCUT2D eigenvalue weighted by Gasteiger charge is 2.35. The molecule has 0 fully saturated rings. The lowest BCUT2D eigenvalue weighted by Crippen LogP contribution is -2.13. The van der Waals surface area contributed by atoms with Crippen LogP contribution in [0.5, 0.6) is 0 Å². The minimum Gasteiger partial charge on any atom is -0.384 e. The molecule has 20 heavy (non-hydrogen) atoms. The zero-order valence-corrected chi connectivity index (χ0v) is 12.8. The van der Waals surface area contributed by atoms with Crippen LogP contribution in [-0.4, -0.2) is 9.97 Å². The highest BCUT2D eigenvalue weighted by atomic mass is 79.9. The summed E-state index contributed by atoms with van der Waals surface area (Å²) in [4.78, 5) is 6.57. The van der Waals surface area contributed by atoms with Gasteiger partial charge >= 0.3 is 6.18 Å². The first-order chi connectivity index (χ1) is 9.25. The lowest BCUT2D eigenvalue weighted by molar-refractivity contribution is -0.144. The Labute approximate surface area is 128 Å². The van der Waals surface area contributed by atoms with Crippen LogP contribution < -0.4 is 11.1 Å². The minimum absolute atomic E-state index is 0.0383. The van der Waals surface area contributed by atoms with Crippen LogP contribution in [0.1, 0.15) is 5.82 Å². The smallest absolute Gasteiger partial charge is 0.384 e. The summed E-state index contributed by atoms with van der Waals surface area (Å²) in [5, 5.41) is 2.76. The molecule has 3 N–H and O–H groups in total. The Morgan fingerprint density at radius 1 is 1.10 bits per heavy atom. The molecule has 0 aliphatic carbocycles. The molecule has 4 nitrogen and oxygen atoms in total. The van der Waals surface area contributed by atoms with Gasteiger partial charge in [0.15, 0.2) is 0 Å². The minimum atomic E-state index is -4.65. The third-order valence-corrected chi connectivity index (χ3v) is 3.38. The molecule has 0 atom stereocenters. The van der Waals surface area contributed by atoms with Crippen molar-refractivity contribution in [3.05, 3.63) is 39.0 Å². The zero-order valence-electron chi connectivity index (χ0n) is 9.67. The van der Waals surface area contributed by atoms with Crippen molar-refractivity contribution in [2.24, 2.45) is 0 Å². The summed E-state index contributed by atoms with van der Waals surface area (Å²) in [5.41, 5.74) is 5.91. The molecular formula is C11H7Br2F3N4. The van der Waals surface area contributed by atoms with Crippen molar-refractivity contribution in [1.29, 1.82) is 0 Å². The van der Waals surface area contributed by atoms with Gasteiger partial charge in [0.2, 0.25) is 5.82 Å². The van der Waals surface area contributed by atoms with E-state index in [0.717, 1.165) is 4.47 Å². The predicted molar refractivity (Wildman–Crippen MR) is 76.6 cm³/mol. The van der Waals surface area contributed by atoms with Gasteiger partial charge in [-0.05, 0) is 34.1 Å². The molecule has 0 saturated heterocycles. The van der Waals surface area contributed by atoms with E-state index in [0.29, 0.717) is 10.2 Å². The van der Waals surface area contributed by atoms with E-state index < -0.39 is 12.0 Å². The van der Waals surface area contributed by atoms with Gasteiger partial charge in [-0.1, -0.05) is 15.9 Å². The number of alkyl halides is 3. The quantitative estimate of drug-likeness (QED) is 0.771. The van der Waals surface area contributed by atoms with Crippen molar-refractivity contribution in [1.82, 2.24) is 9.97 Å². The van der Waals surface area contributed by atoms with Gasteiger partial charge in [0.25, 0.3) is 0 Å². The van der Waals surface area contributed by atoms with Gasteiger partial charge < -0.3 is 11.1 Å². The van der Waals surface area contributed by atoms with Crippen LogP contribution in [0, 0.1) is 0 Å². The lowest BCUT2D eigenvalue weighted by Gasteiger charge is -2.11. The Hall–Kier alpha value is -1.35. The molecule has 1 aromatic carbocycles. The second-order valence-corrected chi connectivity index (χ2v) is 5.52. The maximum atomic E-state index is 12.6. The molecule has 1 heterocycles. The molecule has 0 aliphatic heterocycles. The zero-order chi connectivity index (χ0) is 14.9. The Morgan fingerprint density at radius 2 is 1.80 bits per heavy atom. The number of nitrogen functional groups attached to an aromatic ring is 1. The van der Waals surface area contributed by atoms with E-state index in [-0.39, 0.29) is 11.6 Å². The molecule has 0 amide bonds. The predicted octanol–water partition coefficient (Wildman–Crippen LogP) is 4.35. The van der Waals surface area contributed by atoms with E-state index in [1.807, 2.05) is 0 Å². The van der Waals surface area contributed by atoms with Gasteiger partial charge in [-0.15, -0.1) is 0 Å². The van der Waals surface area contributed by atoms with Crippen LogP contribution in [0.2, 0.25) is 0 Å². The summed E-state index contributed by atoms with van der Waals surface area (Å²) in [7, 11) is 0. The summed E-state index contributed by atoms with van der Waals surface area (Å²) in [6.45, 7) is 0. The number of benzene rings is 1. The second kappa shape index (κ2) is 5.57. The van der Waals surface area contributed by atoms with Crippen LogP contribution in [0.25, 0.3) is 0 Å². The van der Waals surface area contributed by atoms with Crippen LogP contribution >= 0.6 is 31.9 Å². The molecule has 0 bridgehead atoms. The number of nitrogens with one attached hydrogen (secondary N) is 1. The summed E-state index contributed by atoms with van der Waals surface area (Å²) < 4.78 is 39.3. The molecule has 0 aliphatic rings. The average molecular weight is 412 g/mol. The van der Waals surface area contributed by atoms with Crippen LogP contribution in [0.3, 0.4) is 0 Å². The number of halogens is 5. The van der Waals surface area contributed by atoms with Crippen LogP contribution in [0.15, 0.2) is 33.2 Å². The number of hydrogen-bond donors (Lipinski definition) is 2. The van der Waals surface area contributed by atoms with Gasteiger partial charge in [0.1, 0.15) is 11.6 Å². The second-order valence-electron chi connectivity index (χ2n) is 3.75. The molecule has 9 heteroatoms. The van der Waals surface area contributed by atoms with Gasteiger partial charge in [-0.3, -0.25) is 0 Å². The maximum Gasteiger partial charge on any atom is 0.451 e. The molecule has 0 radical (unpaired) electrons. The third-order valence-electron chi connectivity index (χ3n) is 2.19. The molecule has 1 aromatic heterocycles. The molecule has 0 unspecified atom stereocenters. The van der Waals surface area contributed by atoms with Gasteiger partial charge in [-0.2, -0.15) is 13.2 Å². The monoisotopic (exact) mass is 410 g/mol. The van der Waals surface area contributed by atoms with Crippen molar-refractivity contribution in [3.63, 3.8) is 0 Å². The number of rotatable bonds is 2. The number of nitrogens with zero attached hydrogens (tertiary/aromatic N) is 2. The fraction of sp³-hybridized carbons (Fsp3) is 0.0909. The molecule has 2 rings (SSSR count). The fourth-order valence-electron chi connectivity index (χ4n) is 1.39. The van der Waals surface area contributed by atoms with E-state index in [9.17, 15) is 13.2 Å². The average Bonchev–Trinajstić information content (AvgIpc) is 2.32. The largest absolute Gasteiger partial charge is 0.451 e. The Morgan fingerprint density at radius 3 is 2.45 bits per heavy atom. The number of nitrogens with two attached hydrogens (primary N) is 1. The summed E-state index contributed by atoms with van der Waals surface area (Å²) in [6.07, 6.45) is -4.65. The van der Waals surface area contributed by atoms with Crippen molar-refractivity contribution < 1.29 is 13.2 Å². The van der Waals surface area contributed by atoms with E-state index in [1.165, 1.54) is 6.07 Å². The summed E-state index contributed by atoms with van der Waals surface area (Å²) in [6, 6.07) is 6.44. The lowest BCUT2D eigenvalue weighted by atomic mass is 10.3. The number of aromatic nitrogens is 2. The Kier molecular flexibility index (Phi) is 4.19. The molecule has 106 valence electrons. The van der Waals surface area contributed by atoms with Crippen LogP contribution in [0.4, 0.5) is 30.5 Å². The van der Waals surface area contributed by atoms with Crippen molar-refractivity contribution in [2.75, 3.05) is 11.1 Å². The molecule has 0 spiro atoms. The normalized spacial score (nSPS) is 11.4. The number of anilines is 3. The van der Waals surface area contributed by atoms with Gasteiger partial charge in [0.05, 0.1) is 5.69 Å². The molecular weight excluding hydrogens is 405 g/mol. The SMILES string of the molecule is Nc1cc(Nc2cc(Br)ccc2Br)nc(C(F)(F)F)n1. The highest BCUT2D eigenvalue weighted by molar-refractivity contribution is 9.11. The first-order valence-corrected chi connectivity index (χ1v) is 6.78. The topological polar surface area (TPSA) is 63.8 Å². The van der Waals surface area contributed by atoms with Crippen molar-refractivity contribution in [3.8, 4) is 0 Å². The van der Waals surface area contributed by atoms with Gasteiger partial charge in [0, 0.05) is 15.0 Å². The van der Waals surface area contributed by atoms with E-state index in [2.05, 4.69) is 47.1 Å². The highest BCUT2D eigenvalue weighted by Crippen LogP contribution is 2.31. The Bertz CT molecular complexity index is 646. The third kappa shape index (κ3) is 3.60. The van der Waals surface area contributed by atoms with Crippen LogP contribution in [-0.2, 0) is 6.18 Å². The van der Waals surface area contributed by atoms with E-state index >= 15 is 0 Å².